The molecule has 15 heteroatoms. The number of carbonyl (C=O) groups excluding carboxylic acids is 5. The van der Waals surface area contributed by atoms with E-state index in [1.54, 1.807) is 18.3 Å². The second-order valence-electron chi connectivity index (χ2n) is 20.0. The maximum Gasteiger partial charge on any atom is 0.333 e. The molecule has 1 aromatic heterocycles. The Morgan fingerprint density at radius 3 is 2.35 bits per heavy atom. The van der Waals surface area contributed by atoms with Crippen LogP contribution in [-0.2, 0) is 46.3 Å². The summed E-state index contributed by atoms with van der Waals surface area (Å²) in [5, 5.41) is 9.78. The number of amides is 2. The van der Waals surface area contributed by atoms with Gasteiger partial charge in [-0.3, -0.25) is 24.1 Å². The number of thiazole rings is 1. The van der Waals surface area contributed by atoms with Crippen LogP contribution in [0.4, 0.5) is 5.13 Å². The fourth-order valence-electron chi connectivity index (χ4n) is 9.65. The van der Waals surface area contributed by atoms with Crippen LogP contribution >= 0.6 is 11.3 Å². The van der Waals surface area contributed by atoms with Crippen molar-refractivity contribution in [3.05, 3.63) is 138 Å². The van der Waals surface area contributed by atoms with E-state index in [1.807, 2.05) is 84.9 Å². The Balaban J connectivity index is 0.987. The maximum absolute atomic E-state index is 14.0. The smallest absolute Gasteiger partial charge is 0.333 e. The van der Waals surface area contributed by atoms with Gasteiger partial charge >= 0.3 is 17.9 Å². The van der Waals surface area contributed by atoms with Gasteiger partial charge in [0.05, 0.1) is 41.7 Å². The van der Waals surface area contributed by atoms with Crippen LogP contribution in [0.1, 0.15) is 114 Å². The average molecular weight is 1080 g/mol. The minimum absolute atomic E-state index is 0.000775. The number of nitrogens with zero attached hydrogens (tertiary/aromatic N) is 4. The van der Waals surface area contributed by atoms with Crippen LogP contribution in [0.2, 0.25) is 0 Å². The van der Waals surface area contributed by atoms with Gasteiger partial charge in [-0.05, 0) is 152 Å². The van der Waals surface area contributed by atoms with Gasteiger partial charge in [0.25, 0.3) is 11.8 Å². The number of anilines is 1. The van der Waals surface area contributed by atoms with Crippen LogP contribution in [-0.4, -0.2) is 84.8 Å². The van der Waals surface area contributed by atoms with Gasteiger partial charge in [0.15, 0.2) is 0 Å². The first-order valence-corrected chi connectivity index (χ1v) is 28.2. The molecule has 1 fully saturated rings. The number of carbonyl (C=O) groups is 5. The second-order valence-corrected chi connectivity index (χ2v) is 21.0. The van der Waals surface area contributed by atoms with Crippen LogP contribution in [0.3, 0.4) is 0 Å². The van der Waals surface area contributed by atoms with Crippen molar-refractivity contribution < 1.29 is 47.7 Å². The molecule has 2 heterocycles. The number of imide groups is 1. The van der Waals surface area contributed by atoms with Gasteiger partial charge < -0.3 is 23.7 Å². The zero-order valence-electron chi connectivity index (χ0n) is 45.3. The summed E-state index contributed by atoms with van der Waals surface area (Å²) in [6.45, 7) is 13.2. The highest BCUT2D eigenvalue weighted by Gasteiger charge is 2.29. The Morgan fingerprint density at radius 1 is 0.808 bits per heavy atom. The van der Waals surface area contributed by atoms with Crippen LogP contribution < -0.4 is 19.2 Å². The first-order chi connectivity index (χ1) is 37.8. The van der Waals surface area contributed by atoms with Gasteiger partial charge in [0.1, 0.15) is 23.9 Å². The monoisotopic (exact) mass is 1070 g/mol. The minimum atomic E-state index is -0.432. The third kappa shape index (κ3) is 15.4. The lowest BCUT2D eigenvalue weighted by molar-refractivity contribution is -0.144. The topological polar surface area (TPSA) is 163 Å². The molecule has 8 rings (SSSR count). The molecule has 1 aliphatic heterocycles. The normalized spacial score (nSPS) is 15.4. The number of esters is 3. The van der Waals surface area contributed by atoms with E-state index in [1.165, 1.54) is 17.1 Å². The van der Waals surface area contributed by atoms with Crippen molar-refractivity contribution >= 4 is 73.4 Å². The number of aryl methyl sites for hydroxylation is 3. The Bertz CT molecular complexity index is 3140. The number of rotatable bonds is 27. The first kappa shape index (κ1) is 56.7. The first-order valence-electron chi connectivity index (χ1n) is 27.4. The summed E-state index contributed by atoms with van der Waals surface area (Å²) in [6.07, 6.45) is 13.9. The molecule has 5 aromatic carbocycles. The molecule has 1 saturated carbocycles. The number of fused-ring (bicyclic) bond motifs is 2. The third-order valence-corrected chi connectivity index (χ3v) is 15.0. The van der Waals surface area contributed by atoms with Gasteiger partial charge in [0, 0.05) is 42.8 Å². The fraction of sp³-hybridized carbons (Fsp3) is 0.381. The molecule has 2 amide bonds. The van der Waals surface area contributed by atoms with Crippen molar-refractivity contribution in [1.82, 2.24) is 9.88 Å². The van der Waals surface area contributed by atoms with E-state index in [9.17, 15) is 24.0 Å². The van der Waals surface area contributed by atoms with Crippen molar-refractivity contribution in [2.75, 3.05) is 37.9 Å². The summed E-state index contributed by atoms with van der Waals surface area (Å²) < 4.78 is 30.5. The molecule has 0 radical (unpaired) electrons. The van der Waals surface area contributed by atoms with E-state index in [0.29, 0.717) is 80.2 Å². The quantitative estimate of drug-likeness (QED) is 0.00914. The molecule has 0 N–H and O–H groups in total. The van der Waals surface area contributed by atoms with Crippen molar-refractivity contribution in [1.29, 1.82) is 0 Å². The SMILES string of the molecule is C=C(C)C(=O)OCCOC1CCC(C(=O)Oc2ccc3cc(-c4cc(/C=N/N(CCCCCC)c5nc6ccccc6s5)c(OC(=O)CCc5ccc(OCCCN6C(=O)C=CC6=O)c(C)c5)c(CCC)c4)ccc3c2)CC1. The number of hydrogen-bond acceptors (Lipinski definition) is 14. The van der Waals surface area contributed by atoms with E-state index in [0.717, 1.165) is 98.9 Å². The molecule has 6 aromatic rings. The molecule has 78 heavy (non-hydrogen) atoms. The molecular weight excluding hydrogens is 1000 g/mol. The van der Waals surface area contributed by atoms with Crippen LogP contribution in [0.25, 0.3) is 32.1 Å². The fourth-order valence-corrected chi connectivity index (χ4v) is 10.6. The zero-order chi connectivity index (χ0) is 55.0. The number of hydrogen-bond donors (Lipinski definition) is 0. The largest absolute Gasteiger partial charge is 0.493 e. The molecule has 408 valence electrons. The molecule has 1 aliphatic carbocycles. The van der Waals surface area contributed by atoms with Crippen molar-refractivity contribution in [3.8, 4) is 28.4 Å². The Labute approximate surface area is 461 Å². The Kier molecular flexibility index (Phi) is 20.1. The lowest BCUT2D eigenvalue weighted by atomic mass is 9.87. The molecule has 0 unspecified atom stereocenters. The summed E-state index contributed by atoms with van der Waals surface area (Å²) in [5.74, 6) is -0.229. The Morgan fingerprint density at radius 2 is 1.59 bits per heavy atom. The van der Waals surface area contributed by atoms with Gasteiger partial charge in [-0.15, -0.1) is 0 Å². The zero-order valence-corrected chi connectivity index (χ0v) is 46.1. The van der Waals surface area contributed by atoms with Gasteiger partial charge in [0.2, 0.25) is 5.13 Å². The molecule has 2 aliphatic rings. The minimum Gasteiger partial charge on any atom is -0.493 e. The number of ether oxygens (including phenoxy) is 5. The summed E-state index contributed by atoms with van der Waals surface area (Å²) in [6, 6.07) is 30.0. The molecule has 0 atom stereocenters. The number of unbranched alkanes of at least 4 members (excludes halogenated alkanes) is 3. The van der Waals surface area contributed by atoms with Gasteiger partial charge in [-0.25, -0.2) is 14.8 Å². The predicted octanol–water partition coefficient (Wildman–Crippen LogP) is 12.6. The highest BCUT2D eigenvalue weighted by Crippen LogP contribution is 2.36. The molecular formula is C63H70N4O10S. The van der Waals surface area contributed by atoms with E-state index >= 15 is 0 Å². The number of aromatic nitrogens is 1. The van der Waals surface area contributed by atoms with Crippen molar-refractivity contribution in [2.45, 2.75) is 117 Å². The average Bonchev–Trinajstić information content (AvgIpc) is 4.02. The predicted molar refractivity (Wildman–Crippen MR) is 306 cm³/mol. The van der Waals surface area contributed by atoms with Crippen molar-refractivity contribution in [3.63, 3.8) is 0 Å². The summed E-state index contributed by atoms with van der Waals surface area (Å²) >= 11 is 1.60. The Hall–Kier alpha value is -7.49. The molecule has 0 saturated heterocycles. The maximum atomic E-state index is 14.0. The highest BCUT2D eigenvalue weighted by atomic mass is 32.1. The standard InChI is InChI=1S/C63H70N4O10S/c1-6-8-9-12-32-67(63-65-54-15-10-11-16-56(54)78-63)64-41-51-39-50(47-19-20-48-40-53(26-23-46(48)37-47)76-62(72)45-21-24-52(25-22-45)73-34-35-75-61(71)42(3)4)38-49(14-7-2)60(51)77-59(70)30-18-44-17-27-55(43(5)36-44)74-33-13-31-66-57(68)28-29-58(66)69/h10-11,15-17,19-20,23,26-29,36-41,45,52H,3,6-9,12-14,18,21-22,24-25,30-35H2,1-2,4-5H3/b64-41+. The number of benzene rings is 5. The lowest BCUT2D eigenvalue weighted by Gasteiger charge is -2.27. The van der Waals surface area contributed by atoms with Gasteiger partial charge in [-0.1, -0.05) is 99.9 Å². The third-order valence-electron chi connectivity index (χ3n) is 13.9. The van der Waals surface area contributed by atoms with Gasteiger partial charge in [-0.2, -0.15) is 5.10 Å². The van der Waals surface area contributed by atoms with E-state index in [2.05, 4.69) is 44.7 Å². The van der Waals surface area contributed by atoms with E-state index < -0.39 is 5.97 Å². The lowest BCUT2D eigenvalue weighted by Crippen LogP contribution is -2.31. The summed E-state index contributed by atoms with van der Waals surface area (Å²) in [5.41, 5.74) is 6.59. The second kappa shape index (κ2) is 27.7. The van der Waals surface area contributed by atoms with Crippen molar-refractivity contribution in [2.24, 2.45) is 11.0 Å². The summed E-state index contributed by atoms with van der Waals surface area (Å²) in [4.78, 5) is 69.0. The molecule has 0 bridgehead atoms. The van der Waals surface area contributed by atoms with E-state index in [-0.39, 0.29) is 55.3 Å². The number of hydrazone groups is 1. The highest BCUT2D eigenvalue weighted by molar-refractivity contribution is 7.22. The molecule has 14 nitrogen and oxygen atoms in total. The van der Waals surface area contributed by atoms with E-state index in [4.69, 9.17) is 33.8 Å². The summed E-state index contributed by atoms with van der Waals surface area (Å²) in [7, 11) is 0. The number of para-hydroxylation sites is 1. The van der Waals surface area contributed by atoms with Crippen LogP contribution in [0.5, 0.6) is 17.2 Å². The van der Waals surface area contributed by atoms with Crippen LogP contribution in [0.15, 0.2) is 120 Å². The van der Waals surface area contributed by atoms with Crippen LogP contribution in [0, 0.1) is 12.8 Å². The molecule has 0 spiro atoms.